The topological polar surface area (TPSA) is 59.2 Å². The van der Waals surface area contributed by atoms with Gasteiger partial charge in [-0.1, -0.05) is 12.1 Å². The first kappa shape index (κ1) is 21.1. The van der Waals surface area contributed by atoms with E-state index in [0.29, 0.717) is 19.6 Å². The molecule has 0 radical (unpaired) electrons. The Bertz CT molecular complexity index is 648. The average molecular weight is 406 g/mol. The predicted molar refractivity (Wildman–Crippen MR) is 105 cm³/mol. The lowest BCUT2D eigenvalue weighted by molar-refractivity contribution is -0.134. The van der Waals surface area contributed by atoms with Gasteiger partial charge in [0.2, 0.25) is 5.91 Å². The Morgan fingerprint density at radius 3 is 2.75 bits per heavy atom. The molecule has 4 nitrogen and oxygen atoms in total. The number of nitrogens with zero attached hydrogens (tertiary/aromatic N) is 2. The number of hydrogen-bond donors (Lipinski definition) is 1. The summed E-state index contributed by atoms with van der Waals surface area (Å²) in [6.07, 6.45) is 4.38. The molecular formula is C16H21Cl2N3OS2. The van der Waals surface area contributed by atoms with E-state index >= 15 is 0 Å². The summed E-state index contributed by atoms with van der Waals surface area (Å²) in [5, 5.41) is 4.90. The fourth-order valence-electron chi connectivity index (χ4n) is 2.97. The fraction of sp³-hybridized carbons (Fsp3) is 0.375. The van der Waals surface area contributed by atoms with Crippen molar-refractivity contribution < 1.29 is 4.79 Å². The second kappa shape index (κ2) is 8.97. The summed E-state index contributed by atoms with van der Waals surface area (Å²) < 4.78 is 0. The van der Waals surface area contributed by atoms with Gasteiger partial charge in [0.05, 0.1) is 12.0 Å². The van der Waals surface area contributed by atoms with Gasteiger partial charge in [-0.2, -0.15) is 0 Å². The van der Waals surface area contributed by atoms with E-state index in [1.165, 1.54) is 0 Å². The van der Waals surface area contributed by atoms with Crippen molar-refractivity contribution in [1.29, 1.82) is 0 Å². The van der Waals surface area contributed by atoms with Crippen LogP contribution >= 0.6 is 47.5 Å². The van der Waals surface area contributed by atoms with E-state index in [9.17, 15) is 4.79 Å². The fourth-order valence-corrected chi connectivity index (χ4v) is 4.61. The zero-order valence-corrected chi connectivity index (χ0v) is 16.4. The molecule has 0 saturated heterocycles. The first-order chi connectivity index (χ1) is 10.7. The highest BCUT2D eigenvalue weighted by molar-refractivity contribution is 7.10. The number of halogens is 2. The van der Waals surface area contributed by atoms with Crippen LogP contribution in [0.5, 0.6) is 0 Å². The van der Waals surface area contributed by atoms with Gasteiger partial charge in [0.15, 0.2) is 0 Å². The van der Waals surface area contributed by atoms with Gasteiger partial charge in [-0.15, -0.1) is 54.1 Å². The molecule has 0 aliphatic heterocycles. The summed E-state index contributed by atoms with van der Waals surface area (Å²) >= 11 is 3.21. The summed E-state index contributed by atoms with van der Waals surface area (Å²) in [6.45, 7) is 5.39. The van der Waals surface area contributed by atoms with Crippen LogP contribution in [0.4, 0.5) is 0 Å². The van der Waals surface area contributed by atoms with Crippen molar-refractivity contribution in [1.82, 2.24) is 9.88 Å². The lowest BCUT2D eigenvalue weighted by Gasteiger charge is -2.26. The number of rotatable bonds is 7. The third-order valence-corrected chi connectivity index (χ3v) is 5.99. The standard InChI is InChI=1S/C16H19N3OS2.2ClH/c1-2-6-19(11-14-18-5-8-22-14)15(20)16(9-12(16)10-17)13-4-3-7-21-13;;/h2-5,7-8,12H,1,6,9-11,17H2;2*1H/t12-,16-;;/m0../s1. The quantitative estimate of drug-likeness (QED) is 0.717. The van der Waals surface area contributed by atoms with E-state index in [1.54, 1.807) is 34.9 Å². The van der Waals surface area contributed by atoms with Crippen LogP contribution in [0.25, 0.3) is 0 Å². The zero-order valence-electron chi connectivity index (χ0n) is 13.1. The third-order valence-electron chi connectivity index (χ3n) is 4.18. The van der Waals surface area contributed by atoms with E-state index < -0.39 is 5.41 Å². The summed E-state index contributed by atoms with van der Waals surface area (Å²) in [5.74, 6) is 0.391. The number of aromatic nitrogens is 1. The van der Waals surface area contributed by atoms with Crippen molar-refractivity contribution in [2.45, 2.75) is 18.4 Å². The van der Waals surface area contributed by atoms with Crippen molar-refractivity contribution >= 4 is 53.4 Å². The largest absolute Gasteiger partial charge is 0.331 e. The van der Waals surface area contributed by atoms with Crippen LogP contribution in [0.3, 0.4) is 0 Å². The van der Waals surface area contributed by atoms with Crippen molar-refractivity contribution in [3.63, 3.8) is 0 Å². The van der Waals surface area contributed by atoms with E-state index in [4.69, 9.17) is 5.73 Å². The number of hydrogen-bond acceptors (Lipinski definition) is 5. The third kappa shape index (κ3) is 3.83. The van der Waals surface area contributed by atoms with Gasteiger partial charge in [0.25, 0.3) is 0 Å². The van der Waals surface area contributed by atoms with Crippen LogP contribution in [0.2, 0.25) is 0 Å². The summed E-state index contributed by atoms with van der Waals surface area (Å²) in [6, 6.07) is 4.05. The van der Waals surface area contributed by atoms with Gasteiger partial charge < -0.3 is 10.6 Å². The molecular weight excluding hydrogens is 385 g/mol. The Hall–Kier alpha value is -0.920. The molecule has 2 heterocycles. The monoisotopic (exact) mass is 405 g/mol. The summed E-state index contributed by atoms with van der Waals surface area (Å²) in [7, 11) is 0. The van der Waals surface area contributed by atoms with E-state index in [2.05, 4.69) is 11.6 Å². The summed E-state index contributed by atoms with van der Waals surface area (Å²) in [5.41, 5.74) is 5.44. The van der Waals surface area contributed by atoms with E-state index in [1.807, 2.05) is 27.8 Å². The average Bonchev–Trinajstić information content (AvgIpc) is 2.93. The SMILES string of the molecule is C=CCN(Cc1nccs1)C(=O)[C@@]1(c2cccs2)C[C@H]1CN.Cl.Cl. The minimum atomic E-state index is -0.427. The maximum Gasteiger partial charge on any atom is 0.235 e. The number of nitrogens with two attached hydrogens (primary N) is 1. The van der Waals surface area contributed by atoms with Crippen LogP contribution in [-0.2, 0) is 16.8 Å². The smallest absolute Gasteiger partial charge is 0.235 e. The highest BCUT2D eigenvalue weighted by Crippen LogP contribution is 2.56. The van der Waals surface area contributed by atoms with Crippen molar-refractivity contribution in [2.75, 3.05) is 13.1 Å². The Morgan fingerprint density at radius 2 is 2.25 bits per heavy atom. The van der Waals surface area contributed by atoms with Crippen LogP contribution in [-0.4, -0.2) is 28.9 Å². The molecule has 0 spiro atoms. The van der Waals surface area contributed by atoms with Crippen molar-refractivity contribution in [3.8, 4) is 0 Å². The molecule has 2 aromatic heterocycles. The van der Waals surface area contributed by atoms with E-state index in [-0.39, 0.29) is 36.6 Å². The second-order valence-corrected chi connectivity index (χ2v) is 7.41. The molecule has 0 aromatic carbocycles. The van der Waals surface area contributed by atoms with Gasteiger partial charge in [-0.25, -0.2) is 4.98 Å². The molecule has 2 aromatic rings. The molecule has 1 aliphatic rings. The first-order valence-electron chi connectivity index (χ1n) is 7.25. The van der Waals surface area contributed by atoms with Crippen LogP contribution < -0.4 is 5.73 Å². The lowest BCUT2D eigenvalue weighted by Crippen LogP contribution is -2.40. The Labute approximate surface area is 162 Å². The van der Waals surface area contributed by atoms with Crippen LogP contribution in [0.1, 0.15) is 16.3 Å². The number of thiazole rings is 1. The first-order valence-corrected chi connectivity index (χ1v) is 9.01. The van der Waals surface area contributed by atoms with Crippen molar-refractivity contribution in [2.24, 2.45) is 11.7 Å². The molecule has 8 heteroatoms. The van der Waals surface area contributed by atoms with Gasteiger partial charge in [0.1, 0.15) is 5.01 Å². The lowest BCUT2D eigenvalue weighted by atomic mass is 9.99. The maximum absolute atomic E-state index is 13.2. The molecule has 0 unspecified atom stereocenters. The number of carbonyl (C=O) groups excluding carboxylic acids is 1. The molecule has 0 bridgehead atoms. The van der Waals surface area contributed by atoms with Gasteiger partial charge >= 0.3 is 0 Å². The molecule has 1 fully saturated rings. The normalized spacial score (nSPS) is 21.3. The molecule has 132 valence electrons. The number of amides is 1. The maximum atomic E-state index is 13.2. The molecule has 1 saturated carbocycles. The van der Waals surface area contributed by atoms with Crippen LogP contribution in [0, 0.1) is 5.92 Å². The van der Waals surface area contributed by atoms with Crippen molar-refractivity contribution in [3.05, 3.63) is 51.6 Å². The Balaban J connectivity index is 0.00000144. The van der Waals surface area contributed by atoms with Crippen LogP contribution in [0.15, 0.2) is 41.7 Å². The van der Waals surface area contributed by atoms with Gasteiger partial charge in [-0.05, 0) is 30.3 Å². The molecule has 1 amide bonds. The van der Waals surface area contributed by atoms with E-state index in [0.717, 1.165) is 16.3 Å². The van der Waals surface area contributed by atoms with Gasteiger partial charge in [0, 0.05) is 23.0 Å². The number of thiophene rings is 1. The molecule has 24 heavy (non-hydrogen) atoms. The van der Waals surface area contributed by atoms with Gasteiger partial charge in [-0.3, -0.25) is 4.79 Å². The second-order valence-electron chi connectivity index (χ2n) is 5.49. The Morgan fingerprint density at radius 1 is 1.46 bits per heavy atom. The Kier molecular flexibility index (Phi) is 7.89. The molecule has 2 N–H and O–H groups in total. The highest BCUT2D eigenvalue weighted by Gasteiger charge is 2.62. The molecule has 2 atom stereocenters. The minimum Gasteiger partial charge on any atom is -0.331 e. The highest BCUT2D eigenvalue weighted by atomic mass is 35.5. The minimum absolute atomic E-state index is 0. The molecule has 3 rings (SSSR count). The zero-order chi connectivity index (χ0) is 15.6. The molecule has 1 aliphatic carbocycles. The predicted octanol–water partition coefficient (Wildman–Crippen LogP) is 3.48. The summed E-state index contributed by atoms with van der Waals surface area (Å²) in [4.78, 5) is 20.5. The number of carbonyl (C=O) groups is 1.